The van der Waals surface area contributed by atoms with E-state index in [0.29, 0.717) is 22.6 Å². The first-order valence-electron chi connectivity index (χ1n) is 5.42. The van der Waals surface area contributed by atoms with Gasteiger partial charge in [0, 0.05) is 24.0 Å². The van der Waals surface area contributed by atoms with Gasteiger partial charge in [-0.05, 0) is 12.1 Å². The van der Waals surface area contributed by atoms with E-state index >= 15 is 0 Å². The van der Waals surface area contributed by atoms with Crippen molar-refractivity contribution in [1.82, 2.24) is 19.9 Å². The lowest BCUT2D eigenvalue weighted by Gasteiger charge is -1.94. The van der Waals surface area contributed by atoms with E-state index in [9.17, 15) is 9.59 Å². The van der Waals surface area contributed by atoms with Gasteiger partial charge in [0.15, 0.2) is 5.65 Å². The van der Waals surface area contributed by atoms with Crippen molar-refractivity contribution in [3.8, 4) is 11.4 Å². The van der Waals surface area contributed by atoms with Gasteiger partial charge in [0.2, 0.25) is 5.56 Å². The standard InChI is InChI=1S/C12H8N4O3/c17-8-2-1-6(5-14-8)10-15-9-7(12(18)19)3-4-13-11(9)16-10/h1-5H,(H,14,17)(H,18,19)(H,13,15,16). The molecule has 3 heterocycles. The van der Waals surface area contributed by atoms with Gasteiger partial charge in [-0.2, -0.15) is 0 Å². The third kappa shape index (κ3) is 1.86. The van der Waals surface area contributed by atoms with Gasteiger partial charge in [-0.25, -0.2) is 14.8 Å². The van der Waals surface area contributed by atoms with Crippen LogP contribution < -0.4 is 5.56 Å². The van der Waals surface area contributed by atoms with E-state index in [1.54, 1.807) is 6.07 Å². The molecule has 0 aliphatic carbocycles. The molecule has 0 aliphatic heterocycles. The number of hydrogen-bond acceptors (Lipinski definition) is 4. The van der Waals surface area contributed by atoms with Crippen molar-refractivity contribution in [1.29, 1.82) is 0 Å². The fraction of sp³-hybridized carbons (Fsp3) is 0. The molecule has 3 rings (SSSR count). The second-order valence-electron chi connectivity index (χ2n) is 3.89. The highest BCUT2D eigenvalue weighted by Gasteiger charge is 2.13. The van der Waals surface area contributed by atoms with Crippen molar-refractivity contribution in [2.24, 2.45) is 0 Å². The molecule has 0 radical (unpaired) electrons. The number of aromatic amines is 2. The Morgan fingerprint density at radius 2 is 2.11 bits per heavy atom. The number of aromatic nitrogens is 4. The topological polar surface area (TPSA) is 112 Å². The van der Waals surface area contributed by atoms with Gasteiger partial charge in [0.1, 0.15) is 5.82 Å². The third-order valence-electron chi connectivity index (χ3n) is 2.68. The summed E-state index contributed by atoms with van der Waals surface area (Å²) in [5.41, 5.74) is 1.21. The van der Waals surface area contributed by atoms with Crippen molar-refractivity contribution >= 4 is 17.1 Å². The van der Waals surface area contributed by atoms with Crippen LogP contribution in [0.3, 0.4) is 0 Å². The number of nitrogens with one attached hydrogen (secondary N) is 2. The van der Waals surface area contributed by atoms with Crippen molar-refractivity contribution in [2.75, 3.05) is 0 Å². The molecular formula is C12H8N4O3. The fourth-order valence-corrected chi connectivity index (χ4v) is 1.78. The van der Waals surface area contributed by atoms with Crippen LogP contribution in [0.2, 0.25) is 0 Å². The normalized spacial score (nSPS) is 10.7. The molecule has 0 saturated carbocycles. The smallest absolute Gasteiger partial charge is 0.338 e. The first-order valence-corrected chi connectivity index (χ1v) is 5.42. The fourth-order valence-electron chi connectivity index (χ4n) is 1.78. The summed E-state index contributed by atoms with van der Waals surface area (Å²) in [4.78, 5) is 35.7. The lowest BCUT2D eigenvalue weighted by atomic mass is 10.2. The first-order chi connectivity index (χ1) is 9.15. The van der Waals surface area contributed by atoms with Gasteiger partial charge in [0.05, 0.1) is 11.1 Å². The van der Waals surface area contributed by atoms with Crippen molar-refractivity contribution in [3.63, 3.8) is 0 Å². The lowest BCUT2D eigenvalue weighted by Crippen LogP contribution is -2.01. The van der Waals surface area contributed by atoms with E-state index in [4.69, 9.17) is 5.11 Å². The molecule has 7 nitrogen and oxygen atoms in total. The Kier molecular flexibility index (Phi) is 2.38. The van der Waals surface area contributed by atoms with Crippen LogP contribution in [-0.4, -0.2) is 31.0 Å². The number of rotatable bonds is 2. The molecule has 0 fully saturated rings. The Bertz CT molecular complexity index is 814. The van der Waals surface area contributed by atoms with Gasteiger partial charge < -0.3 is 15.1 Å². The Morgan fingerprint density at radius 3 is 2.79 bits per heavy atom. The molecule has 3 aromatic rings. The molecule has 0 aromatic carbocycles. The molecule has 3 aromatic heterocycles. The van der Waals surface area contributed by atoms with E-state index < -0.39 is 5.97 Å². The van der Waals surface area contributed by atoms with E-state index in [-0.39, 0.29) is 11.1 Å². The predicted octanol–water partition coefficient (Wildman–Crippen LogP) is 1.01. The summed E-state index contributed by atoms with van der Waals surface area (Å²) in [6, 6.07) is 4.37. The van der Waals surface area contributed by atoms with Gasteiger partial charge in [-0.3, -0.25) is 4.79 Å². The van der Waals surface area contributed by atoms with Gasteiger partial charge >= 0.3 is 5.97 Å². The minimum atomic E-state index is -1.05. The van der Waals surface area contributed by atoms with Gasteiger partial charge in [-0.15, -0.1) is 0 Å². The van der Waals surface area contributed by atoms with E-state index in [2.05, 4.69) is 19.9 Å². The summed E-state index contributed by atoms with van der Waals surface area (Å²) >= 11 is 0. The number of aromatic carboxylic acids is 1. The van der Waals surface area contributed by atoms with E-state index in [0.717, 1.165) is 0 Å². The molecule has 3 N–H and O–H groups in total. The number of carboxylic acid groups (broad SMARTS) is 1. The zero-order chi connectivity index (χ0) is 13.4. The molecule has 7 heteroatoms. The summed E-state index contributed by atoms with van der Waals surface area (Å²) in [5, 5.41) is 9.08. The van der Waals surface area contributed by atoms with Crippen LogP contribution >= 0.6 is 0 Å². The van der Waals surface area contributed by atoms with Crippen molar-refractivity contribution in [3.05, 3.63) is 46.5 Å². The quantitative estimate of drug-likeness (QED) is 0.633. The first kappa shape index (κ1) is 11.1. The number of nitrogens with zero attached hydrogens (tertiary/aromatic N) is 2. The number of carboxylic acids is 1. The molecule has 0 saturated heterocycles. The van der Waals surface area contributed by atoms with Crippen molar-refractivity contribution in [2.45, 2.75) is 0 Å². The van der Waals surface area contributed by atoms with E-state index in [1.165, 1.54) is 24.5 Å². The number of carbonyl (C=O) groups is 1. The van der Waals surface area contributed by atoms with Crippen LogP contribution in [0.1, 0.15) is 10.4 Å². The van der Waals surface area contributed by atoms with Crippen LogP contribution in [0.25, 0.3) is 22.6 Å². The summed E-state index contributed by atoms with van der Waals surface area (Å²) in [5.74, 6) is -0.600. The second kappa shape index (κ2) is 4.05. The molecule has 0 amide bonds. The van der Waals surface area contributed by atoms with Crippen LogP contribution in [0.15, 0.2) is 35.4 Å². The van der Waals surface area contributed by atoms with Crippen LogP contribution in [0.5, 0.6) is 0 Å². The highest BCUT2D eigenvalue weighted by Crippen LogP contribution is 2.20. The Labute approximate surface area is 106 Å². The lowest BCUT2D eigenvalue weighted by molar-refractivity contribution is 0.0699. The Hall–Kier alpha value is -2.96. The van der Waals surface area contributed by atoms with Gasteiger partial charge in [0.25, 0.3) is 0 Å². The van der Waals surface area contributed by atoms with Crippen LogP contribution in [-0.2, 0) is 0 Å². The summed E-state index contributed by atoms with van der Waals surface area (Å²) in [6.45, 7) is 0. The minimum Gasteiger partial charge on any atom is -0.478 e. The number of H-pyrrole nitrogens is 2. The minimum absolute atomic E-state index is 0.105. The molecule has 0 atom stereocenters. The maximum absolute atomic E-state index is 11.1. The van der Waals surface area contributed by atoms with Crippen LogP contribution in [0, 0.1) is 0 Å². The average Bonchev–Trinajstić information content (AvgIpc) is 2.82. The molecule has 0 aliphatic rings. The maximum Gasteiger partial charge on any atom is 0.338 e. The SMILES string of the molecule is O=C(O)c1ccnc2nc(-c3ccc(=O)[nH]c3)[nH]c12. The van der Waals surface area contributed by atoms with Crippen LogP contribution in [0.4, 0.5) is 0 Å². The molecule has 0 spiro atoms. The number of imidazole rings is 1. The summed E-state index contributed by atoms with van der Waals surface area (Å²) in [6.07, 6.45) is 2.89. The number of hydrogen-bond donors (Lipinski definition) is 3. The highest BCUT2D eigenvalue weighted by atomic mass is 16.4. The third-order valence-corrected chi connectivity index (χ3v) is 2.68. The number of pyridine rings is 2. The molecule has 19 heavy (non-hydrogen) atoms. The van der Waals surface area contributed by atoms with Crippen molar-refractivity contribution < 1.29 is 9.90 Å². The molecule has 94 valence electrons. The number of fused-ring (bicyclic) bond motifs is 1. The predicted molar refractivity (Wildman–Crippen MR) is 66.9 cm³/mol. The highest BCUT2D eigenvalue weighted by molar-refractivity contribution is 6.00. The maximum atomic E-state index is 11.1. The largest absolute Gasteiger partial charge is 0.478 e. The Morgan fingerprint density at radius 1 is 1.26 bits per heavy atom. The second-order valence-corrected chi connectivity index (χ2v) is 3.89. The van der Waals surface area contributed by atoms with E-state index in [1.807, 2.05) is 0 Å². The zero-order valence-electron chi connectivity index (χ0n) is 9.54. The Balaban J connectivity index is 2.21. The van der Waals surface area contributed by atoms with Gasteiger partial charge in [-0.1, -0.05) is 0 Å². The molecule has 0 unspecified atom stereocenters. The zero-order valence-corrected chi connectivity index (χ0v) is 9.54. The monoisotopic (exact) mass is 256 g/mol. The average molecular weight is 256 g/mol. The summed E-state index contributed by atoms with van der Waals surface area (Å²) < 4.78 is 0. The molecular weight excluding hydrogens is 248 g/mol. The molecule has 0 bridgehead atoms. The summed E-state index contributed by atoms with van der Waals surface area (Å²) in [7, 11) is 0.